The molecule has 0 amide bonds. The zero-order valence-corrected chi connectivity index (χ0v) is 9.17. The van der Waals surface area contributed by atoms with Crippen molar-refractivity contribution in [1.29, 1.82) is 0 Å². The minimum atomic E-state index is 1.19. The lowest BCUT2D eigenvalue weighted by Gasteiger charge is -1.98. The molecule has 2 nitrogen and oxygen atoms in total. The molecule has 16 heavy (non-hydrogen) atoms. The van der Waals surface area contributed by atoms with E-state index >= 15 is 0 Å². The lowest BCUT2D eigenvalue weighted by Crippen LogP contribution is -2.17. The Bertz CT molecular complexity index is 624. The summed E-state index contributed by atoms with van der Waals surface area (Å²) in [5.41, 5.74) is 3.62. The molecule has 2 aromatic heterocycles. The highest BCUT2D eigenvalue weighted by Gasteiger charge is 2.14. The number of hydrogen-bond acceptors (Lipinski definition) is 0. The van der Waals surface area contributed by atoms with E-state index in [0.717, 1.165) is 0 Å². The number of pyridine rings is 1. The first-order valence-corrected chi connectivity index (χ1v) is 5.40. The molecule has 0 fully saturated rings. The lowest BCUT2D eigenvalue weighted by atomic mass is 10.3. The van der Waals surface area contributed by atoms with Crippen LogP contribution in [0.1, 0.15) is 5.69 Å². The first kappa shape index (κ1) is 9.16. The third-order valence-electron chi connectivity index (χ3n) is 2.79. The van der Waals surface area contributed by atoms with Crippen LogP contribution in [0.4, 0.5) is 0 Å². The van der Waals surface area contributed by atoms with Crippen LogP contribution in [0, 0.1) is 6.92 Å². The molecule has 3 rings (SSSR count). The minimum absolute atomic E-state index is 1.19. The summed E-state index contributed by atoms with van der Waals surface area (Å²) in [6.07, 6.45) is 4.21. The van der Waals surface area contributed by atoms with Crippen molar-refractivity contribution in [3.05, 3.63) is 66.6 Å². The number of imidazole rings is 1. The zero-order chi connectivity index (χ0) is 11.0. The van der Waals surface area contributed by atoms with Crippen LogP contribution in [0.3, 0.4) is 0 Å². The molecule has 1 aromatic carbocycles. The molecule has 0 spiro atoms. The van der Waals surface area contributed by atoms with Gasteiger partial charge in [-0.3, -0.25) is 0 Å². The van der Waals surface area contributed by atoms with Crippen LogP contribution in [-0.4, -0.2) is 4.57 Å². The van der Waals surface area contributed by atoms with Crippen molar-refractivity contribution < 1.29 is 4.40 Å². The van der Waals surface area contributed by atoms with Crippen LogP contribution in [0.15, 0.2) is 60.9 Å². The Kier molecular flexibility index (Phi) is 2.00. The average Bonchev–Trinajstić information content (AvgIpc) is 2.66. The summed E-state index contributed by atoms with van der Waals surface area (Å²) in [4.78, 5) is 0. The average molecular weight is 209 g/mol. The van der Waals surface area contributed by atoms with E-state index in [2.05, 4.69) is 64.7 Å². The maximum absolute atomic E-state index is 2.25. The van der Waals surface area contributed by atoms with Crippen molar-refractivity contribution in [2.24, 2.45) is 0 Å². The van der Waals surface area contributed by atoms with Gasteiger partial charge < -0.3 is 0 Å². The van der Waals surface area contributed by atoms with Gasteiger partial charge in [-0.15, -0.1) is 0 Å². The van der Waals surface area contributed by atoms with Gasteiger partial charge in [0, 0.05) is 13.0 Å². The molecule has 3 aromatic rings. The Balaban J connectivity index is 2.35. The molecule has 2 heterocycles. The molecule has 0 bridgehead atoms. The van der Waals surface area contributed by atoms with Crippen LogP contribution >= 0.6 is 0 Å². The fourth-order valence-corrected chi connectivity index (χ4v) is 2.10. The van der Waals surface area contributed by atoms with Gasteiger partial charge in [-0.2, -0.15) is 4.57 Å². The third kappa shape index (κ3) is 1.31. The quantitative estimate of drug-likeness (QED) is 0.545. The molecule has 78 valence electrons. The largest absolute Gasteiger partial charge is 0.291 e. The number of para-hydroxylation sites is 1. The maximum Gasteiger partial charge on any atom is 0.291 e. The van der Waals surface area contributed by atoms with Crippen LogP contribution < -0.4 is 4.40 Å². The SMILES string of the molecule is Cc1c[n+]2ccccc2n1-c1ccccc1. The first-order chi connectivity index (χ1) is 7.86. The van der Waals surface area contributed by atoms with E-state index in [4.69, 9.17) is 0 Å². The second-order valence-electron chi connectivity index (χ2n) is 3.91. The predicted molar refractivity (Wildman–Crippen MR) is 63.7 cm³/mol. The number of hydrogen-bond donors (Lipinski definition) is 0. The summed E-state index contributed by atoms with van der Waals surface area (Å²) in [7, 11) is 0. The van der Waals surface area contributed by atoms with Gasteiger partial charge >= 0.3 is 0 Å². The van der Waals surface area contributed by atoms with E-state index in [1.807, 2.05) is 12.1 Å². The monoisotopic (exact) mass is 209 g/mol. The summed E-state index contributed by atoms with van der Waals surface area (Å²) in [6.45, 7) is 2.12. The van der Waals surface area contributed by atoms with Crippen LogP contribution in [0.5, 0.6) is 0 Å². The molecule has 0 aliphatic heterocycles. The highest BCUT2D eigenvalue weighted by atomic mass is 15.1. The van der Waals surface area contributed by atoms with Crippen molar-refractivity contribution in [2.45, 2.75) is 6.92 Å². The number of fused-ring (bicyclic) bond motifs is 1. The maximum atomic E-state index is 2.25. The van der Waals surface area contributed by atoms with Gasteiger partial charge in [0.15, 0.2) is 0 Å². The summed E-state index contributed by atoms with van der Waals surface area (Å²) < 4.78 is 4.39. The summed E-state index contributed by atoms with van der Waals surface area (Å²) in [6, 6.07) is 16.6. The summed E-state index contributed by atoms with van der Waals surface area (Å²) in [5.74, 6) is 0. The van der Waals surface area contributed by atoms with E-state index in [0.29, 0.717) is 0 Å². The van der Waals surface area contributed by atoms with Gasteiger partial charge in [-0.05, 0) is 18.2 Å². The Morgan fingerprint density at radius 2 is 1.69 bits per heavy atom. The molecule has 2 heteroatoms. The Morgan fingerprint density at radius 1 is 0.938 bits per heavy atom. The number of aromatic nitrogens is 2. The summed E-state index contributed by atoms with van der Waals surface area (Å²) >= 11 is 0. The summed E-state index contributed by atoms with van der Waals surface area (Å²) in [5, 5.41) is 0. The van der Waals surface area contributed by atoms with Crippen molar-refractivity contribution in [2.75, 3.05) is 0 Å². The second kappa shape index (κ2) is 3.49. The standard InChI is InChI=1S/C14H13N2/c1-12-11-15-10-6-5-9-14(15)16(12)13-7-3-2-4-8-13/h2-11H,1H3/q+1. The van der Waals surface area contributed by atoms with Gasteiger partial charge in [-0.25, -0.2) is 4.40 Å². The predicted octanol–water partition coefficient (Wildman–Crippen LogP) is 2.52. The van der Waals surface area contributed by atoms with Crippen LogP contribution in [0.2, 0.25) is 0 Å². The Morgan fingerprint density at radius 3 is 2.50 bits per heavy atom. The number of rotatable bonds is 1. The number of nitrogens with zero attached hydrogens (tertiary/aromatic N) is 2. The minimum Gasteiger partial charge on any atom is -0.202 e. The molecular formula is C14H13N2+. The fourth-order valence-electron chi connectivity index (χ4n) is 2.10. The van der Waals surface area contributed by atoms with Gasteiger partial charge in [0.2, 0.25) is 0 Å². The molecule has 0 saturated heterocycles. The van der Waals surface area contributed by atoms with Gasteiger partial charge in [-0.1, -0.05) is 24.3 Å². The normalized spacial score (nSPS) is 10.8. The number of aryl methyl sites for hydroxylation is 1. The topological polar surface area (TPSA) is 9.03 Å². The molecular weight excluding hydrogens is 196 g/mol. The van der Waals surface area contributed by atoms with Crippen molar-refractivity contribution in [3.8, 4) is 5.69 Å². The highest BCUT2D eigenvalue weighted by molar-refractivity contribution is 5.45. The smallest absolute Gasteiger partial charge is 0.202 e. The number of benzene rings is 1. The van der Waals surface area contributed by atoms with Gasteiger partial charge in [0.05, 0.1) is 6.20 Å². The van der Waals surface area contributed by atoms with E-state index in [1.54, 1.807) is 0 Å². The molecule has 0 radical (unpaired) electrons. The van der Waals surface area contributed by atoms with E-state index in [1.165, 1.54) is 17.0 Å². The van der Waals surface area contributed by atoms with Crippen LogP contribution in [0.25, 0.3) is 11.3 Å². The van der Waals surface area contributed by atoms with E-state index in [9.17, 15) is 0 Å². The molecule has 0 atom stereocenters. The fraction of sp³-hybridized carbons (Fsp3) is 0.0714. The third-order valence-corrected chi connectivity index (χ3v) is 2.79. The Labute approximate surface area is 94.4 Å². The van der Waals surface area contributed by atoms with Gasteiger partial charge in [0.1, 0.15) is 17.6 Å². The lowest BCUT2D eigenvalue weighted by molar-refractivity contribution is -0.510. The Hall–Kier alpha value is -2.09. The molecule has 0 N–H and O–H groups in total. The first-order valence-electron chi connectivity index (χ1n) is 5.40. The van der Waals surface area contributed by atoms with Crippen LogP contribution in [-0.2, 0) is 0 Å². The molecule has 0 aliphatic rings. The van der Waals surface area contributed by atoms with E-state index in [-0.39, 0.29) is 0 Å². The van der Waals surface area contributed by atoms with Crippen molar-refractivity contribution in [1.82, 2.24) is 4.57 Å². The highest BCUT2D eigenvalue weighted by Crippen LogP contribution is 2.13. The van der Waals surface area contributed by atoms with E-state index < -0.39 is 0 Å². The van der Waals surface area contributed by atoms with Crippen molar-refractivity contribution in [3.63, 3.8) is 0 Å². The zero-order valence-electron chi connectivity index (χ0n) is 9.17. The molecule has 0 aliphatic carbocycles. The van der Waals surface area contributed by atoms with Crippen molar-refractivity contribution >= 4 is 5.65 Å². The molecule has 0 unspecified atom stereocenters. The molecule has 0 saturated carbocycles. The van der Waals surface area contributed by atoms with Gasteiger partial charge in [0.25, 0.3) is 5.65 Å². The second-order valence-corrected chi connectivity index (χ2v) is 3.91.